The largest absolute Gasteiger partial charge is 0.493 e. The molecule has 0 radical (unpaired) electrons. The first-order chi connectivity index (χ1) is 12.2. The van der Waals surface area contributed by atoms with Gasteiger partial charge in [-0.15, -0.1) is 11.3 Å². The van der Waals surface area contributed by atoms with Crippen LogP contribution in [0.25, 0.3) is 10.2 Å². The molecule has 7 heteroatoms. The first kappa shape index (κ1) is 16.2. The van der Waals surface area contributed by atoms with Crippen molar-refractivity contribution in [1.29, 1.82) is 5.26 Å². The molecule has 0 aliphatic heterocycles. The van der Waals surface area contributed by atoms with Crippen molar-refractivity contribution < 1.29 is 9.47 Å². The molecule has 2 aromatic heterocycles. The maximum absolute atomic E-state index is 9.58. The first-order valence-corrected chi connectivity index (χ1v) is 9.71. The number of fused-ring (bicyclic) bond motifs is 2. The van der Waals surface area contributed by atoms with Crippen LogP contribution in [0.5, 0.6) is 11.5 Å². The summed E-state index contributed by atoms with van der Waals surface area (Å²) in [6.07, 6.45) is 4.45. The predicted molar refractivity (Wildman–Crippen MR) is 102 cm³/mol. The highest BCUT2D eigenvalue weighted by atomic mass is 32.1. The Morgan fingerprint density at radius 3 is 2.64 bits per heavy atom. The quantitative estimate of drug-likeness (QED) is 0.709. The smallest absolute Gasteiger partial charge is 0.188 e. The van der Waals surface area contributed by atoms with Gasteiger partial charge in [-0.05, 0) is 31.2 Å². The minimum atomic E-state index is 0.663. The molecule has 128 valence electrons. The molecule has 0 saturated carbocycles. The van der Waals surface area contributed by atoms with Gasteiger partial charge in [0.25, 0.3) is 0 Å². The lowest BCUT2D eigenvalue weighted by atomic mass is 9.96. The number of thiazole rings is 1. The second-order valence-electron chi connectivity index (χ2n) is 5.85. The molecule has 0 amide bonds. The lowest BCUT2D eigenvalue weighted by Gasteiger charge is -2.09. The number of aromatic nitrogens is 1. The van der Waals surface area contributed by atoms with Gasteiger partial charge in [-0.3, -0.25) is 0 Å². The van der Waals surface area contributed by atoms with E-state index < -0.39 is 0 Å². The Hall–Kier alpha value is -2.30. The molecule has 1 aliphatic carbocycles. The van der Waals surface area contributed by atoms with Gasteiger partial charge in [0.1, 0.15) is 11.1 Å². The van der Waals surface area contributed by atoms with E-state index in [9.17, 15) is 5.26 Å². The second-order valence-corrected chi connectivity index (χ2v) is 7.98. The van der Waals surface area contributed by atoms with Gasteiger partial charge < -0.3 is 14.8 Å². The van der Waals surface area contributed by atoms with Crippen molar-refractivity contribution in [2.24, 2.45) is 0 Å². The van der Waals surface area contributed by atoms with Crippen molar-refractivity contribution >= 4 is 43.0 Å². The highest BCUT2D eigenvalue weighted by molar-refractivity contribution is 7.23. The van der Waals surface area contributed by atoms with Crippen LogP contribution in [0.1, 0.15) is 28.8 Å². The Bertz CT molecular complexity index is 944. The van der Waals surface area contributed by atoms with Crippen molar-refractivity contribution in [3.8, 4) is 17.6 Å². The summed E-state index contributed by atoms with van der Waals surface area (Å²) >= 11 is 3.24. The molecule has 5 nitrogen and oxygen atoms in total. The van der Waals surface area contributed by atoms with Gasteiger partial charge in [-0.2, -0.15) is 5.26 Å². The standard InChI is InChI=1S/C18H17N3O2S2/c1-22-13-7-12-16(8-14(13)23-2)25-18(20-12)21-17-11(9-19)10-5-3-4-6-15(10)24-17/h7-8H,3-6H2,1-2H3,(H,20,21). The number of methoxy groups -OCH3 is 2. The van der Waals surface area contributed by atoms with Crippen LogP contribution >= 0.6 is 22.7 Å². The molecule has 25 heavy (non-hydrogen) atoms. The highest BCUT2D eigenvalue weighted by Gasteiger charge is 2.21. The van der Waals surface area contributed by atoms with E-state index >= 15 is 0 Å². The molecule has 4 rings (SSSR count). The Labute approximate surface area is 153 Å². The zero-order valence-electron chi connectivity index (χ0n) is 14.0. The van der Waals surface area contributed by atoms with E-state index in [1.165, 1.54) is 23.3 Å². The highest BCUT2D eigenvalue weighted by Crippen LogP contribution is 2.41. The van der Waals surface area contributed by atoms with E-state index in [-0.39, 0.29) is 0 Å². The number of ether oxygens (including phenoxy) is 2. The number of nitriles is 1. The molecule has 0 spiro atoms. The van der Waals surface area contributed by atoms with Gasteiger partial charge in [-0.25, -0.2) is 4.98 Å². The molecule has 1 N–H and O–H groups in total. The zero-order chi connectivity index (χ0) is 17.4. The topological polar surface area (TPSA) is 67.2 Å². The summed E-state index contributed by atoms with van der Waals surface area (Å²) in [6.45, 7) is 0. The summed E-state index contributed by atoms with van der Waals surface area (Å²) in [5.74, 6) is 1.35. The number of rotatable bonds is 4. The van der Waals surface area contributed by atoms with E-state index in [0.717, 1.165) is 38.8 Å². The van der Waals surface area contributed by atoms with Gasteiger partial charge in [0.2, 0.25) is 0 Å². The fraction of sp³-hybridized carbons (Fsp3) is 0.333. The Morgan fingerprint density at radius 1 is 1.12 bits per heavy atom. The fourth-order valence-corrected chi connectivity index (χ4v) is 5.36. The zero-order valence-corrected chi connectivity index (χ0v) is 15.6. The van der Waals surface area contributed by atoms with Gasteiger partial charge >= 0.3 is 0 Å². The molecule has 0 unspecified atom stereocenters. The van der Waals surface area contributed by atoms with Crippen LogP contribution in [0.15, 0.2) is 12.1 Å². The second kappa shape index (κ2) is 6.54. The number of benzene rings is 1. The molecule has 3 aromatic rings. The van der Waals surface area contributed by atoms with Gasteiger partial charge in [0, 0.05) is 17.0 Å². The number of nitrogens with zero attached hydrogens (tertiary/aromatic N) is 2. The first-order valence-electron chi connectivity index (χ1n) is 8.07. The van der Waals surface area contributed by atoms with E-state index in [1.54, 1.807) is 36.9 Å². The van der Waals surface area contributed by atoms with Gasteiger partial charge in [0.05, 0.1) is 30.0 Å². The van der Waals surface area contributed by atoms with Crippen molar-refractivity contribution in [2.45, 2.75) is 25.7 Å². The fourth-order valence-electron chi connectivity index (χ4n) is 3.18. The maximum atomic E-state index is 9.58. The summed E-state index contributed by atoms with van der Waals surface area (Å²) in [5.41, 5.74) is 2.87. The molecule has 0 bridgehead atoms. The van der Waals surface area contributed by atoms with E-state index in [4.69, 9.17) is 9.47 Å². The van der Waals surface area contributed by atoms with Crippen molar-refractivity contribution in [1.82, 2.24) is 4.98 Å². The molecular weight excluding hydrogens is 354 g/mol. The molecule has 1 aromatic carbocycles. The average Bonchev–Trinajstić information content (AvgIpc) is 3.19. The van der Waals surface area contributed by atoms with Crippen LogP contribution in [0.3, 0.4) is 0 Å². The Morgan fingerprint density at radius 2 is 1.88 bits per heavy atom. The number of thiophene rings is 1. The molecule has 0 atom stereocenters. The summed E-state index contributed by atoms with van der Waals surface area (Å²) in [6, 6.07) is 6.19. The van der Waals surface area contributed by atoms with Gasteiger partial charge in [-0.1, -0.05) is 11.3 Å². The van der Waals surface area contributed by atoms with Crippen molar-refractivity contribution in [3.05, 3.63) is 28.1 Å². The van der Waals surface area contributed by atoms with E-state index in [0.29, 0.717) is 11.5 Å². The minimum Gasteiger partial charge on any atom is -0.493 e. The molecule has 2 heterocycles. The van der Waals surface area contributed by atoms with Gasteiger partial charge in [0.15, 0.2) is 16.6 Å². The van der Waals surface area contributed by atoms with Crippen molar-refractivity contribution in [2.75, 3.05) is 19.5 Å². The summed E-state index contributed by atoms with van der Waals surface area (Å²) in [7, 11) is 3.24. The third-order valence-electron chi connectivity index (χ3n) is 4.40. The third kappa shape index (κ3) is 2.81. The molecule has 1 aliphatic rings. The van der Waals surface area contributed by atoms with Crippen LogP contribution in [0.2, 0.25) is 0 Å². The van der Waals surface area contributed by atoms with Crippen LogP contribution < -0.4 is 14.8 Å². The number of nitrogens with one attached hydrogen (secondary N) is 1. The number of hydrogen-bond donors (Lipinski definition) is 1. The SMILES string of the molecule is COc1cc2nc(Nc3sc4c(c3C#N)CCCC4)sc2cc1OC. The molecular formula is C18H17N3O2S2. The summed E-state index contributed by atoms with van der Waals surface area (Å²) < 4.78 is 11.7. The lowest BCUT2D eigenvalue weighted by molar-refractivity contribution is 0.356. The van der Waals surface area contributed by atoms with Crippen LogP contribution in [-0.2, 0) is 12.8 Å². The normalized spacial score (nSPS) is 13.3. The summed E-state index contributed by atoms with van der Waals surface area (Å²) in [4.78, 5) is 5.99. The molecule has 0 saturated heterocycles. The Balaban J connectivity index is 1.72. The number of hydrogen-bond acceptors (Lipinski definition) is 7. The van der Waals surface area contributed by atoms with Crippen LogP contribution in [0, 0.1) is 11.3 Å². The Kier molecular flexibility index (Phi) is 4.24. The van der Waals surface area contributed by atoms with Crippen LogP contribution in [-0.4, -0.2) is 19.2 Å². The van der Waals surface area contributed by atoms with Crippen molar-refractivity contribution in [3.63, 3.8) is 0 Å². The minimum absolute atomic E-state index is 0.663. The molecule has 0 fully saturated rings. The maximum Gasteiger partial charge on any atom is 0.188 e. The van der Waals surface area contributed by atoms with Crippen LogP contribution in [0.4, 0.5) is 10.1 Å². The van der Waals surface area contributed by atoms with E-state index in [2.05, 4.69) is 16.4 Å². The summed E-state index contributed by atoms with van der Waals surface area (Å²) in [5, 5.41) is 14.6. The predicted octanol–water partition coefficient (Wildman–Crippen LogP) is 4.87. The number of anilines is 2. The third-order valence-corrected chi connectivity index (χ3v) is 6.54. The van der Waals surface area contributed by atoms with E-state index in [1.807, 2.05) is 12.1 Å². The number of aryl methyl sites for hydroxylation is 1. The monoisotopic (exact) mass is 371 g/mol. The lowest BCUT2D eigenvalue weighted by Crippen LogP contribution is -1.99. The average molecular weight is 371 g/mol.